The van der Waals surface area contributed by atoms with E-state index in [0.717, 1.165) is 47.9 Å². The van der Waals surface area contributed by atoms with Gasteiger partial charge in [0, 0.05) is 41.8 Å². The number of benzene rings is 1. The van der Waals surface area contributed by atoms with E-state index in [2.05, 4.69) is 25.6 Å². The highest BCUT2D eigenvalue weighted by Gasteiger charge is 2.23. The molecule has 1 atom stereocenters. The third-order valence-electron chi connectivity index (χ3n) is 4.61. The monoisotopic (exact) mass is 346 g/mol. The average Bonchev–Trinajstić information content (AvgIpc) is 2.68. The first-order valence-corrected chi connectivity index (χ1v) is 8.94. The van der Waals surface area contributed by atoms with Crippen molar-refractivity contribution in [1.82, 2.24) is 19.9 Å². The highest BCUT2D eigenvalue weighted by atomic mass is 15.1. The SMILES string of the molecule is CNc1nc(C)cc(N[C@H]2CCCc3nc(-c4ccccc4)ncc32)n1. The number of nitrogens with one attached hydrogen (secondary N) is 2. The molecular formula is C20H22N6. The molecule has 0 unspecified atom stereocenters. The molecule has 0 saturated heterocycles. The zero-order chi connectivity index (χ0) is 17.9. The summed E-state index contributed by atoms with van der Waals surface area (Å²) in [5.41, 5.74) is 4.27. The van der Waals surface area contributed by atoms with Crippen LogP contribution in [0.5, 0.6) is 0 Å². The maximum Gasteiger partial charge on any atom is 0.224 e. The van der Waals surface area contributed by atoms with Crippen LogP contribution in [0, 0.1) is 6.92 Å². The lowest BCUT2D eigenvalue weighted by molar-refractivity contribution is 0.583. The molecule has 1 aliphatic rings. The van der Waals surface area contributed by atoms with Gasteiger partial charge in [-0.2, -0.15) is 4.98 Å². The molecule has 0 fully saturated rings. The molecule has 0 radical (unpaired) electrons. The van der Waals surface area contributed by atoms with Crippen molar-refractivity contribution in [3.05, 3.63) is 59.5 Å². The largest absolute Gasteiger partial charge is 0.363 e. The molecule has 0 bridgehead atoms. The highest BCUT2D eigenvalue weighted by molar-refractivity contribution is 5.55. The van der Waals surface area contributed by atoms with Crippen molar-refractivity contribution in [2.75, 3.05) is 17.7 Å². The lowest BCUT2D eigenvalue weighted by Crippen LogP contribution is -2.20. The molecule has 3 aromatic rings. The van der Waals surface area contributed by atoms with E-state index in [-0.39, 0.29) is 6.04 Å². The number of nitrogens with zero attached hydrogens (tertiary/aromatic N) is 4. The summed E-state index contributed by atoms with van der Waals surface area (Å²) < 4.78 is 0. The highest BCUT2D eigenvalue weighted by Crippen LogP contribution is 2.32. The van der Waals surface area contributed by atoms with Gasteiger partial charge in [-0.1, -0.05) is 30.3 Å². The number of aromatic nitrogens is 4. The van der Waals surface area contributed by atoms with Crippen LogP contribution in [-0.2, 0) is 6.42 Å². The molecule has 0 saturated carbocycles. The van der Waals surface area contributed by atoms with Crippen molar-refractivity contribution in [2.45, 2.75) is 32.2 Å². The molecule has 1 aromatic carbocycles. The molecule has 4 rings (SSSR count). The van der Waals surface area contributed by atoms with E-state index in [4.69, 9.17) is 4.98 Å². The van der Waals surface area contributed by atoms with Gasteiger partial charge in [-0.3, -0.25) is 0 Å². The minimum absolute atomic E-state index is 0.169. The summed E-state index contributed by atoms with van der Waals surface area (Å²) in [6, 6.07) is 12.3. The minimum atomic E-state index is 0.169. The third-order valence-corrected chi connectivity index (χ3v) is 4.61. The van der Waals surface area contributed by atoms with Crippen molar-refractivity contribution in [3.8, 4) is 11.4 Å². The second-order valence-electron chi connectivity index (χ2n) is 6.52. The van der Waals surface area contributed by atoms with E-state index in [9.17, 15) is 0 Å². The van der Waals surface area contributed by atoms with Gasteiger partial charge in [0.05, 0.1) is 6.04 Å². The Morgan fingerprint density at radius 2 is 1.92 bits per heavy atom. The number of anilines is 2. The Morgan fingerprint density at radius 1 is 1.08 bits per heavy atom. The molecule has 6 heteroatoms. The maximum atomic E-state index is 4.83. The van der Waals surface area contributed by atoms with Crippen LogP contribution < -0.4 is 10.6 Å². The van der Waals surface area contributed by atoms with E-state index in [1.54, 1.807) is 0 Å². The van der Waals surface area contributed by atoms with Crippen LogP contribution in [0.4, 0.5) is 11.8 Å². The fraction of sp³-hybridized carbons (Fsp3) is 0.300. The summed E-state index contributed by atoms with van der Waals surface area (Å²) in [5.74, 6) is 2.24. The lowest BCUT2D eigenvalue weighted by atomic mass is 9.92. The van der Waals surface area contributed by atoms with Gasteiger partial charge < -0.3 is 10.6 Å². The topological polar surface area (TPSA) is 75.6 Å². The van der Waals surface area contributed by atoms with Crippen LogP contribution in [0.2, 0.25) is 0 Å². The Kier molecular flexibility index (Phi) is 4.48. The fourth-order valence-electron chi connectivity index (χ4n) is 3.36. The molecule has 1 aliphatic carbocycles. The van der Waals surface area contributed by atoms with Crippen LogP contribution in [-0.4, -0.2) is 27.0 Å². The molecule has 0 aliphatic heterocycles. The number of hydrogen-bond acceptors (Lipinski definition) is 6. The van der Waals surface area contributed by atoms with Crippen molar-refractivity contribution >= 4 is 11.8 Å². The minimum Gasteiger partial charge on any atom is -0.363 e. The summed E-state index contributed by atoms with van der Waals surface area (Å²) >= 11 is 0. The van der Waals surface area contributed by atoms with Gasteiger partial charge in [0.25, 0.3) is 0 Å². The third kappa shape index (κ3) is 3.35. The van der Waals surface area contributed by atoms with Crippen molar-refractivity contribution < 1.29 is 0 Å². The van der Waals surface area contributed by atoms with E-state index in [0.29, 0.717) is 5.95 Å². The molecule has 2 aromatic heterocycles. The van der Waals surface area contributed by atoms with Crippen LogP contribution in [0.15, 0.2) is 42.6 Å². The number of fused-ring (bicyclic) bond motifs is 1. The van der Waals surface area contributed by atoms with Crippen molar-refractivity contribution in [3.63, 3.8) is 0 Å². The summed E-state index contributed by atoms with van der Waals surface area (Å²) in [6.07, 6.45) is 5.09. The second-order valence-corrected chi connectivity index (χ2v) is 6.52. The van der Waals surface area contributed by atoms with Crippen LogP contribution in [0.1, 0.15) is 35.8 Å². The molecule has 26 heavy (non-hydrogen) atoms. The molecule has 0 amide bonds. The Hall–Kier alpha value is -3.02. The normalized spacial score (nSPS) is 16.0. The average molecular weight is 346 g/mol. The predicted molar refractivity (Wildman–Crippen MR) is 103 cm³/mol. The Morgan fingerprint density at radius 3 is 2.73 bits per heavy atom. The molecule has 2 N–H and O–H groups in total. The van der Waals surface area contributed by atoms with E-state index >= 15 is 0 Å². The van der Waals surface area contributed by atoms with E-state index in [1.807, 2.05) is 56.6 Å². The first kappa shape index (κ1) is 16.4. The second kappa shape index (κ2) is 7.07. The number of aryl methyl sites for hydroxylation is 2. The standard InChI is InChI=1S/C20H22N6/c1-13-11-18(26-20(21-2)23-13)24-16-9-6-10-17-15(16)12-22-19(25-17)14-7-4-3-5-8-14/h3-5,7-8,11-12,16H,6,9-10H2,1-2H3,(H2,21,23,24,26)/t16-/m0/s1. The first-order valence-electron chi connectivity index (χ1n) is 8.94. The van der Waals surface area contributed by atoms with Crippen LogP contribution in [0.25, 0.3) is 11.4 Å². The summed E-state index contributed by atoms with van der Waals surface area (Å²) in [7, 11) is 1.83. The smallest absolute Gasteiger partial charge is 0.224 e. The van der Waals surface area contributed by atoms with Gasteiger partial charge in [-0.15, -0.1) is 0 Å². The van der Waals surface area contributed by atoms with Crippen molar-refractivity contribution in [2.24, 2.45) is 0 Å². The zero-order valence-electron chi connectivity index (χ0n) is 15.0. The quantitative estimate of drug-likeness (QED) is 0.749. The van der Waals surface area contributed by atoms with Gasteiger partial charge in [-0.05, 0) is 26.2 Å². The molecular weight excluding hydrogens is 324 g/mol. The summed E-state index contributed by atoms with van der Waals surface area (Å²) in [6.45, 7) is 1.97. The van der Waals surface area contributed by atoms with Crippen LogP contribution >= 0.6 is 0 Å². The van der Waals surface area contributed by atoms with Gasteiger partial charge >= 0.3 is 0 Å². The fourth-order valence-corrected chi connectivity index (χ4v) is 3.36. The molecule has 2 heterocycles. The van der Waals surface area contributed by atoms with Gasteiger partial charge in [0.1, 0.15) is 5.82 Å². The van der Waals surface area contributed by atoms with Gasteiger partial charge in [0.15, 0.2) is 5.82 Å². The van der Waals surface area contributed by atoms with Crippen LogP contribution in [0.3, 0.4) is 0 Å². The van der Waals surface area contributed by atoms with E-state index in [1.165, 1.54) is 5.56 Å². The van der Waals surface area contributed by atoms with E-state index < -0.39 is 0 Å². The number of hydrogen-bond donors (Lipinski definition) is 2. The molecule has 132 valence electrons. The summed E-state index contributed by atoms with van der Waals surface area (Å²) in [4.78, 5) is 18.3. The summed E-state index contributed by atoms with van der Waals surface area (Å²) in [5, 5.41) is 6.54. The van der Waals surface area contributed by atoms with Crippen molar-refractivity contribution in [1.29, 1.82) is 0 Å². The number of rotatable bonds is 4. The Bertz CT molecular complexity index is 909. The maximum absolute atomic E-state index is 4.83. The zero-order valence-corrected chi connectivity index (χ0v) is 15.0. The van der Waals surface area contributed by atoms with Gasteiger partial charge in [0.2, 0.25) is 5.95 Å². The molecule has 0 spiro atoms. The molecule has 6 nitrogen and oxygen atoms in total. The Labute approximate surface area is 153 Å². The Balaban J connectivity index is 1.62. The first-order chi connectivity index (χ1) is 12.7. The van der Waals surface area contributed by atoms with Gasteiger partial charge in [-0.25, -0.2) is 15.0 Å². The predicted octanol–water partition coefficient (Wildman–Crippen LogP) is 3.77. The lowest BCUT2D eigenvalue weighted by Gasteiger charge is -2.26.